The van der Waals surface area contributed by atoms with Crippen molar-refractivity contribution >= 4 is 75.9 Å². The molecule has 206 valence electrons. The number of carbonyl (C=O) groups excluding carboxylic acids is 2. The predicted octanol–water partition coefficient (Wildman–Crippen LogP) is 7.24. The molecule has 0 aliphatic rings. The van der Waals surface area contributed by atoms with Gasteiger partial charge in [0.25, 0.3) is 11.8 Å². The minimum absolute atomic E-state index is 0. The largest absolute Gasteiger partial charge is 0.417 e. The number of thioether (sulfide) groups is 1. The fraction of sp³-hybridized carbons (Fsp3) is 0.192. The molecule has 0 bridgehead atoms. The molecule has 4 N–H and O–H groups in total. The number of carbonyl (C=O) groups is 2. The average molecular weight is 598 g/mol. The Balaban J connectivity index is 0.00000420. The molecule has 0 unspecified atom stereocenters. The summed E-state index contributed by atoms with van der Waals surface area (Å²) in [4.78, 5) is 33.8. The number of hydrogen-bond donors (Lipinski definition) is 4. The van der Waals surface area contributed by atoms with E-state index in [-0.39, 0.29) is 23.7 Å². The smallest absolute Gasteiger partial charge is 0.355 e. The van der Waals surface area contributed by atoms with Crippen LogP contribution in [0.2, 0.25) is 5.02 Å². The number of imidazole rings is 1. The van der Waals surface area contributed by atoms with Crippen molar-refractivity contribution in [3.8, 4) is 0 Å². The van der Waals surface area contributed by atoms with Crippen molar-refractivity contribution in [3.63, 3.8) is 0 Å². The molecule has 0 fully saturated rings. The van der Waals surface area contributed by atoms with Gasteiger partial charge in [0.15, 0.2) is 0 Å². The molecule has 1 aromatic heterocycles. The van der Waals surface area contributed by atoms with E-state index in [0.29, 0.717) is 39.8 Å². The van der Waals surface area contributed by atoms with Crippen molar-refractivity contribution in [2.45, 2.75) is 13.1 Å². The number of rotatable bonds is 8. The summed E-state index contributed by atoms with van der Waals surface area (Å²) in [5.41, 5.74) is 0.502. The van der Waals surface area contributed by atoms with Gasteiger partial charge in [0.1, 0.15) is 5.52 Å². The van der Waals surface area contributed by atoms with Gasteiger partial charge in [-0.05, 0) is 55.1 Å². The first-order valence-corrected chi connectivity index (χ1v) is 13.2. The van der Waals surface area contributed by atoms with Gasteiger partial charge in [-0.3, -0.25) is 9.59 Å². The number of alkyl halides is 3. The third kappa shape index (κ3) is 6.97. The Bertz CT molecular complexity index is 1510. The van der Waals surface area contributed by atoms with E-state index in [4.69, 9.17) is 11.6 Å². The lowest BCUT2D eigenvalue weighted by atomic mass is 10.1. The lowest BCUT2D eigenvalue weighted by molar-refractivity contribution is -0.137. The number of H-pyrrole nitrogens is 1. The fourth-order valence-corrected chi connectivity index (χ4v) is 4.26. The third-order valence-corrected chi connectivity index (χ3v) is 6.70. The van der Waals surface area contributed by atoms with Gasteiger partial charge in [0, 0.05) is 28.7 Å². The van der Waals surface area contributed by atoms with Crippen LogP contribution in [0.5, 0.6) is 0 Å². The summed E-state index contributed by atoms with van der Waals surface area (Å²) in [6.07, 6.45) is -2.75. The van der Waals surface area contributed by atoms with E-state index in [1.165, 1.54) is 24.3 Å². The zero-order chi connectivity index (χ0) is 27.4. The maximum Gasteiger partial charge on any atom is 0.417 e. The number of fused-ring (bicyclic) bond motifs is 1. The lowest BCUT2D eigenvalue weighted by Crippen LogP contribution is -2.19. The zero-order valence-electron chi connectivity index (χ0n) is 20.7. The highest BCUT2D eigenvalue weighted by atomic mass is 35.5. The number of nitrogens with one attached hydrogen (secondary N) is 4. The number of halogens is 5. The van der Waals surface area contributed by atoms with Gasteiger partial charge in [-0.25, -0.2) is 4.98 Å². The van der Waals surface area contributed by atoms with Crippen molar-refractivity contribution in [2.75, 3.05) is 34.5 Å². The Kier molecular flexibility index (Phi) is 9.76. The van der Waals surface area contributed by atoms with Crippen molar-refractivity contribution in [1.29, 1.82) is 0 Å². The highest BCUT2D eigenvalue weighted by Crippen LogP contribution is 2.33. The Morgan fingerprint density at radius 1 is 1.03 bits per heavy atom. The number of anilines is 3. The average Bonchev–Trinajstić information content (AvgIpc) is 3.28. The number of benzene rings is 3. The quantitative estimate of drug-likeness (QED) is 0.160. The monoisotopic (exact) mass is 597 g/mol. The van der Waals surface area contributed by atoms with E-state index < -0.39 is 29.1 Å². The van der Waals surface area contributed by atoms with Crippen LogP contribution < -0.4 is 16.0 Å². The normalized spacial score (nSPS) is 11.1. The number of aromatic nitrogens is 2. The molecule has 0 spiro atoms. The van der Waals surface area contributed by atoms with Gasteiger partial charge in [-0.15, -0.1) is 12.4 Å². The SMILES string of the molecule is CSCCNc1nc2c(C(=O)Nc3cccc(Cl)c3C)cc(NC(=O)c3ccccc3C(F)(F)F)cc2[nH]1.Cl. The van der Waals surface area contributed by atoms with Crippen LogP contribution >= 0.6 is 35.8 Å². The highest BCUT2D eigenvalue weighted by Gasteiger charge is 2.35. The number of hydrogen-bond acceptors (Lipinski definition) is 5. The molecule has 13 heteroatoms. The fourth-order valence-electron chi connectivity index (χ4n) is 3.78. The second-order valence-electron chi connectivity index (χ2n) is 8.29. The van der Waals surface area contributed by atoms with E-state index in [1.54, 1.807) is 36.9 Å². The molecule has 0 saturated heterocycles. The Morgan fingerprint density at radius 3 is 2.46 bits per heavy atom. The first kappa shape index (κ1) is 30.1. The van der Waals surface area contributed by atoms with Crippen LogP contribution in [0.3, 0.4) is 0 Å². The molecule has 0 radical (unpaired) electrons. The first-order valence-electron chi connectivity index (χ1n) is 11.4. The van der Waals surface area contributed by atoms with Crippen LogP contribution in [0.15, 0.2) is 54.6 Å². The van der Waals surface area contributed by atoms with Crippen LogP contribution in [-0.4, -0.2) is 40.3 Å². The number of aromatic amines is 1. The van der Waals surface area contributed by atoms with Crippen molar-refractivity contribution in [1.82, 2.24) is 9.97 Å². The molecule has 39 heavy (non-hydrogen) atoms. The summed E-state index contributed by atoms with van der Waals surface area (Å²) < 4.78 is 40.4. The van der Waals surface area contributed by atoms with Crippen LogP contribution in [0.25, 0.3) is 11.0 Å². The van der Waals surface area contributed by atoms with Crippen molar-refractivity contribution in [3.05, 3.63) is 81.9 Å². The van der Waals surface area contributed by atoms with Gasteiger partial charge in [-0.1, -0.05) is 29.8 Å². The standard InChI is InChI=1S/C26H23ClF3N5O2S.ClH/c1-14-19(27)8-5-9-20(14)33-24(37)17-12-15(13-21-22(17)35-25(34-21)31-10-11-38-2)32-23(36)16-6-3-4-7-18(16)26(28,29)30;/h3-9,12-13H,10-11H2,1-2H3,(H,32,36)(H,33,37)(H2,31,34,35);1H. The molecule has 1 heterocycles. The van der Waals surface area contributed by atoms with E-state index in [1.807, 2.05) is 6.26 Å². The molecule has 4 aromatic rings. The topological polar surface area (TPSA) is 98.9 Å². The highest BCUT2D eigenvalue weighted by molar-refractivity contribution is 7.98. The van der Waals surface area contributed by atoms with E-state index >= 15 is 0 Å². The second-order valence-corrected chi connectivity index (χ2v) is 9.68. The van der Waals surface area contributed by atoms with Gasteiger partial charge in [-0.2, -0.15) is 24.9 Å². The summed E-state index contributed by atoms with van der Waals surface area (Å²) in [6, 6.07) is 12.5. The Hall–Kier alpha value is -3.41. The van der Waals surface area contributed by atoms with Crippen molar-refractivity contribution < 1.29 is 22.8 Å². The molecule has 0 aliphatic heterocycles. The van der Waals surface area contributed by atoms with Gasteiger partial charge >= 0.3 is 6.18 Å². The maximum absolute atomic E-state index is 13.5. The van der Waals surface area contributed by atoms with Crippen LogP contribution in [0, 0.1) is 6.92 Å². The van der Waals surface area contributed by atoms with Gasteiger partial charge < -0.3 is 20.9 Å². The minimum Gasteiger partial charge on any atom is -0.355 e. The minimum atomic E-state index is -4.71. The number of amides is 2. The molecule has 0 atom stereocenters. The molecule has 4 rings (SSSR count). The first-order chi connectivity index (χ1) is 18.1. The summed E-state index contributed by atoms with van der Waals surface area (Å²) in [6.45, 7) is 2.37. The Labute approximate surface area is 237 Å². The summed E-state index contributed by atoms with van der Waals surface area (Å²) in [5.74, 6) is -0.271. The van der Waals surface area contributed by atoms with Crippen LogP contribution in [0.1, 0.15) is 31.8 Å². The summed E-state index contributed by atoms with van der Waals surface area (Å²) >= 11 is 7.82. The maximum atomic E-state index is 13.5. The molecular formula is C26H24Cl2F3N5O2S. The van der Waals surface area contributed by atoms with E-state index in [9.17, 15) is 22.8 Å². The third-order valence-electron chi connectivity index (χ3n) is 5.68. The molecule has 0 aliphatic carbocycles. The van der Waals surface area contributed by atoms with Crippen molar-refractivity contribution in [2.24, 2.45) is 0 Å². The zero-order valence-corrected chi connectivity index (χ0v) is 23.1. The van der Waals surface area contributed by atoms with Gasteiger partial charge in [0.2, 0.25) is 5.95 Å². The molecule has 0 saturated carbocycles. The second kappa shape index (κ2) is 12.6. The molecule has 3 aromatic carbocycles. The predicted molar refractivity (Wildman–Crippen MR) is 154 cm³/mol. The summed E-state index contributed by atoms with van der Waals surface area (Å²) in [5, 5.41) is 8.89. The lowest BCUT2D eigenvalue weighted by Gasteiger charge is -2.14. The van der Waals surface area contributed by atoms with Crippen LogP contribution in [-0.2, 0) is 6.18 Å². The summed E-state index contributed by atoms with van der Waals surface area (Å²) in [7, 11) is 0. The number of nitrogens with zero attached hydrogens (tertiary/aromatic N) is 1. The Morgan fingerprint density at radius 2 is 1.74 bits per heavy atom. The van der Waals surface area contributed by atoms with E-state index in [0.717, 1.165) is 17.9 Å². The van der Waals surface area contributed by atoms with Gasteiger partial charge in [0.05, 0.1) is 22.2 Å². The molecule has 2 amide bonds. The van der Waals surface area contributed by atoms with E-state index in [2.05, 4.69) is 25.9 Å². The molecular weight excluding hydrogens is 574 g/mol. The molecule has 7 nitrogen and oxygen atoms in total. The van der Waals surface area contributed by atoms with Crippen LogP contribution in [0.4, 0.5) is 30.5 Å².